The van der Waals surface area contributed by atoms with E-state index in [4.69, 9.17) is 21.1 Å². The third-order valence-electron chi connectivity index (χ3n) is 6.41. The van der Waals surface area contributed by atoms with Crippen molar-refractivity contribution in [2.75, 3.05) is 7.11 Å². The van der Waals surface area contributed by atoms with Gasteiger partial charge in [0.25, 0.3) is 11.6 Å². The van der Waals surface area contributed by atoms with Crippen LogP contribution in [-0.4, -0.2) is 35.1 Å². The van der Waals surface area contributed by atoms with Crippen LogP contribution in [0.15, 0.2) is 90.0 Å². The molecule has 0 radical (unpaired) electrons. The fourth-order valence-electron chi connectivity index (χ4n) is 4.37. The first-order chi connectivity index (χ1) is 20.2. The highest BCUT2D eigenvalue weighted by Crippen LogP contribution is 2.37. The van der Waals surface area contributed by atoms with Crippen LogP contribution in [0.1, 0.15) is 32.0 Å². The summed E-state index contributed by atoms with van der Waals surface area (Å²) in [6, 6.07) is 22.9. The standard InChI is InChI=1S/C31H23ClN4O6/c1-18-7-13-25-23(15-18)28(22-5-3-4-6-24(22)32)29(34-25)30(37)35-33-17-19-8-14-26(27(16-19)41-2)42-31(38)20-9-11-21(12-10-20)36(39)40/h3-17,34H,1-2H3,(H,35,37). The lowest BCUT2D eigenvalue weighted by Crippen LogP contribution is -2.19. The number of fused-ring (bicyclic) bond motifs is 1. The molecule has 0 spiro atoms. The number of aromatic amines is 1. The van der Waals surface area contributed by atoms with Crippen molar-refractivity contribution in [1.29, 1.82) is 0 Å². The first-order valence-electron chi connectivity index (χ1n) is 12.6. The molecule has 0 bridgehead atoms. The summed E-state index contributed by atoms with van der Waals surface area (Å²) in [5.41, 5.74) is 6.63. The summed E-state index contributed by atoms with van der Waals surface area (Å²) in [4.78, 5) is 39.3. The second-order valence-corrected chi connectivity index (χ2v) is 9.61. The number of ether oxygens (including phenoxy) is 2. The van der Waals surface area contributed by atoms with Gasteiger partial charge in [-0.15, -0.1) is 0 Å². The van der Waals surface area contributed by atoms with Crippen LogP contribution in [0.5, 0.6) is 11.5 Å². The number of aromatic nitrogens is 1. The lowest BCUT2D eigenvalue weighted by atomic mass is 10.0. The number of benzene rings is 4. The van der Waals surface area contributed by atoms with Gasteiger partial charge in [0, 0.05) is 39.2 Å². The van der Waals surface area contributed by atoms with Gasteiger partial charge in [-0.1, -0.05) is 41.4 Å². The highest BCUT2D eigenvalue weighted by molar-refractivity contribution is 6.34. The largest absolute Gasteiger partial charge is 0.493 e. The minimum absolute atomic E-state index is 0.138. The summed E-state index contributed by atoms with van der Waals surface area (Å²) >= 11 is 6.50. The lowest BCUT2D eigenvalue weighted by Gasteiger charge is -2.10. The van der Waals surface area contributed by atoms with Gasteiger partial charge in [-0.2, -0.15) is 5.10 Å². The molecule has 0 saturated heterocycles. The van der Waals surface area contributed by atoms with Crippen molar-refractivity contribution in [3.05, 3.63) is 122 Å². The van der Waals surface area contributed by atoms with Gasteiger partial charge in [0.2, 0.25) is 0 Å². The second kappa shape index (κ2) is 11.9. The maximum absolute atomic E-state index is 13.3. The quantitative estimate of drug-likeness (QED) is 0.0687. The Morgan fingerprint density at radius 3 is 2.48 bits per heavy atom. The number of nitrogens with one attached hydrogen (secondary N) is 2. The molecule has 1 heterocycles. The van der Waals surface area contributed by atoms with Gasteiger partial charge < -0.3 is 14.5 Å². The van der Waals surface area contributed by atoms with E-state index < -0.39 is 16.8 Å². The zero-order valence-corrected chi connectivity index (χ0v) is 23.1. The molecule has 0 saturated carbocycles. The third-order valence-corrected chi connectivity index (χ3v) is 6.74. The van der Waals surface area contributed by atoms with E-state index in [2.05, 4.69) is 15.5 Å². The van der Waals surface area contributed by atoms with Crippen LogP contribution in [0.4, 0.5) is 5.69 Å². The lowest BCUT2D eigenvalue weighted by molar-refractivity contribution is -0.384. The van der Waals surface area contributed by atoms with Crippen LogP contribution in [0.2, 0.25) is 5.02 Å². The molecule has 0 aliphatic rings. The zero-order valence-electron chi connectivity index (χ0n) is 22.4. The molecule has 4 aromatic carbocycles. The van der Waals surface area contributed by atoms with Gasteiger partial charge >= 0.3 is 5.97 Å². The van der Waals surface area contributed by atoms with Crippen molar-refractivity contribution >= 4 is 46.3 Å². The van der Waals surface area contributed by atoms with Gasteiger partial charge in [0.15, 0.2) is 11.5 Å². The number of methoxy groups -OCH3 is 1. The van der Waals surface area contributed by atoms with Crippen molar-refractivity contribution < 1.29 is 24.0 Å². The molecule has 0 unspecified atom stereocenters. The Labute approximate surface area is 244 Å². The molecule has 0 atom stereocenters. The van der Waals surface area contributed by atoms with E-state index in [1.54, 1.807) is 18.2 Å². The number of nitro groups is 1. The molecule has 0 aliphatic heterocycles. The predicted octanol–water partition coefficient (Wildman–Crippen LogP) is 6.70. The van der Waals surface area contributed by atoms with E-state index in [9.17, 15) is 19.7 Å². The molecule has 0 fully saturated rings. The smallest absolute Gasteiger partial charge is 0.343 e. The van der Waals surface area contributed by atoms with E-state index in [-0.39, 0.29) is 22.7 Å². The Balaban J connectivity index is 1.34. The van der Waals surface area contributed by atoms with E-state index in [0.717, 1.165) is 16.5 Å². The second-order valence-electron chi connectivity index (χ2n) is 9.21. The summed E-state index contributed by atoms with van der Waals surface area (Å²) < 4.78 is 10.8. The Kier molecular flexibility index (Phi) is 7.98. The number of nitrogens with zero attached hydrogens (tertiary/aromatic N) is 2. The highest BCUT2D eigenvalue weighted by atomic mass is 35.5. The number of amides is 1. The molecule has 210 valence electrons. The first-order valence-corrected chi connectivity index (χ1v) is 13.0. The average Bonchev–Trinajstić information content (AvgIpc) is 3.36. The number of hydrogen-bond donors (Lipinski definition) is 2. The third kappa shape index (κ3) is 5.84. The molecular formula is C31H23ClN4O6. The minimum Gasteiger partial charge on any atom is -0.493 e. The van der Waals surface area contributed by atoms with Gasteiger partial charge in [-0.05, 0) is 61.0 Å². The van der Waals surface area contributed by atoms with Gasteiger partial charge in [0.1, 0.15) is 5.69 Å². The number of aryl methyl sites for hydroxylation is 1. The topological polar surface area (TPSA) is 136 Å². The van der Waals surface area contributed by atoms with E-state index in [1.807, 2.05) is 43.3 Å². The molecule has 1 aromatic heterocycles. The van der Waals surface area contributed by atoms with Crippen molar-refractivity contribution in [3.63, 3.8) is 0 Å². The number of nitro benzene ring substituents is 1. The average molecular weight is 583 g/mol. The van der Waals surface area contributed by atoms with Crippen LogP contribution in [0.3, 0.4) is 0 Å². The number of carbonyl (C=O) groups is 2. The van der Waals surface area contributed by atoms with E-state index in [1.165, 1.54) is 43.7 Å². The summed E-state index contributed by atoms with van der Waals surface area (Å²) in [5.74, 6) is -0.789. The van der Waals surface area contributed by atoms with Crippen LogP contribution < -0.4 is 14.9 Å². The van der Waals surface area contributed by atoms with Crippen LogP contribution >= 0.6 is 11.6 Å². The maximum Gasteiger partial charge on any atom is 0.343 e. The summed E-state index contributed by atoms with van der Waals surface area (Å²) in [5, 5.41) is 16.3. The van der Waals surface area contributed by atoms with E-state index >= 15 is 0 Å². The Morgan fingerprint density at radius 1 is 1.00 bits per heavy atom. The van der Waals surface area contributed by atoms with Gasteiger partial charge in [-0.25, -0.2) is 10.2 Å². The van der Waals surface area contributed by atoms with Crippen molar-refractivity contribution in [3.8, 4) is 22.6 Å². The summed E-state index contributed by atoms with van der Waals surface area (Å²) in [6.45, 7) is 1.98. The molecule has 10 nitrogen and oxygen atoms in total. The molecule has 0 aliphatic carbocycles. The molecule has 1 amide bonds. The number of hydrogen-bond acceptors (Lipinski definition) is 7. The Bertz CT molecular complexity index is 1860. The van der Waals surface area contributed by atoms with Crippen LogP contribution in [-0.2, 0) is 0 Å². The van der Waals surface area contributed by atoms with Crippen molar-refractivity contribution in [1.82, 2.24) is 10.4 Å². The van der Waals surface area contributed by atoms with Gasteiger partial charge in [0.05, 0.1) is 23.8 Å². The fraction of sp³-hybridized carbons (Fsp3) is 0.0645. The summed E-state index contributed by atoms with van der Waals surface area (Å²) in [7, 11) is 1.41. The molecular weight excluding hydrogens is 560 g/mol. The van der Waals surface area contributed by atoms with Gasteiger partial charge in [-0.3, -0.25) is 14.9 Å². The van der Waals surface area contributed by atoms with Crippen LogP contribution in [0, 0.1) is 17.0 Å². The number of non-ortho nitro benzene ring substituents is 1. The Hall–Kier alpha value is -5.48. The Morgan fingerprint density at radius 2 is 1.76 bits per heavy atom. The zero-order chi connectivity index (χ0) is 29.8. The number of rotatable bonds is 8. The van der Waals surface area contributed by atoms with E-state index in [0.29, 0.717) is 27.4 Å². The number of hydrazone groups is 1. The monoisotopic (exact) mass is 582 g/mol. The number of esters is 1. The normalized spacial score (nSPS) is 11.0. The molecule has 5 rings (SSSR count). The van der Waals surface area contributed by atoms with Crippen LogP contribution in [0.25, 0.3) is 22.0 Å². The fourth-order valence-corrected chi connectivity index (χ4v) is 4.60. The SMILES string of the molecule is COc1cc(C=NNC(=O)c2[nH]c3ccc(C)cc3c2-c2ccccc2Cl)ccc1OC(=O)c1ccc([N+](=O)[O-])cc1. The molecule has 5 aromatic rings. The first kappa shape index (κ1) is 28.1. The highest BCUT2D eigenvalue weighted by Gasteiger charge is 2.21. The van der Waals surface area contributed by atoms with Crippen molar-refractivity contribution in [2.45, 2.75) is 6.92 Å². The molecule has 2 N–H and O–H groups in total. The minimum atomic E-state index is -0.709. The maximum atomic E-state index is 13.3. The number of H-pyrrole nitrogens is 1. The summed E-state index contributed by atoms with van der Waals surface area (Å²) in [6.07, 6.45) is 1.42. The van der Waals surface area contributed by atoms with Crippen molar-refractivity contribution in [2.24, 2.45) is 5.10 Å². The number of carbonyl (C=O) groups excluding carboxylic acids is 2. The molecule has 11 heteroatoms. The molecule has 42 heavy (non-hydrogen) atoms. The predicted molar refractivity (Wildman–Crippen MR) is 160 cm³/mol. The number of halogens is 1.